The second-order valence-electron chi connectivity index (χ2n) is 2.88. The van der Waals surface area contributed by atoms with Gasteiger partial charge in [-0.1, -0.05) is 39.0 Å². The lowest BCUT2D eigenvalue weighted by molar-refractivity contribution is 0.0899. The van der Waals surface area contributed by atoms with Gasteiger partial charge >= 0.3 is 6.16 Å². The molecule has 0 atom stereocenters. The Balaban J connectivity index is 0. The fraction of sp³-hybridized carbons (Fsp3) is 0.889. The summed E-state index contributed by atoms with van der Waals surface area (Å²) in [6, 6.07) is 0. The standard InChI is InChI=1S/C9H18O3.ClH/c1-2-3-4-5-6-7-8-12-9(10)11;/h2-8H2,1H3,(H,10,11);1H. The fourth-order valence-electron chi connectivity index (χ4n) is 1.04. The second-order valence-corrected chi connectivity index (χ2v) is 2.88. The van der Waals surface area contributed by atoms with Crippen LogP contribution < -0.4 is 0 Å². The van der Waals surface area contributed by atoms with Gasteiger partial charge in [0.1, 0.15) is 0 Å². The molecule has 0 aliphatic rings. The van der Waals surface area contributed by atoms with E-state index in [9.17, 15) is 4.79 Å². The largest absolute Gasteiger partial charge is 0.505 e. The summed E-state index contributed by atoms with van der Waals surface area (Å²) in [6.45, 7) is 2.52. The van der Waals surface area contributed by atoms with Gasteiger partial charge in [0, 0.05) is 0 Å². The first-order valence-corrected chi connectivity index (χ1v) is 4.63. The van der Waals surface area contributed by atoms with Crippen molar-refractivity contribution in [2.45, 2.75) is 45.4 Å². The number of carboxylic acid groups (broad SMARTS) is 1. The quantitative estimate of drug-likeness (QED) is 0.517. The van der Waals surface area contributed by atoms with Gasteiger partial charge in [-0.15, -0.1) is 12.4 Å². The molecule has 0 heterocycles. The number of carbonyl (C=O) groups is 1. The highest BCUT2D eigenvalue weighted by atomic mass is 35.5. The van der Waals surface area contributed by atoms with E-state index in [2.05, 4.69) is 11.7 Å². The second kappa shape index (κ2) is 11.6. The zero-order valence-corrected chi connectivity index (χ0v) is 8.94. The highest BCUT2D eigenvalue weighted by Gasteiger charge is 1.94. The molecule has 0 saturated heterocycles. The normalized spacial score (nSPS) is 9.00. The van der Waals surface area contributed by atoms with Crippen molar-refractivity contribution >= 4 is 18.6 Å². The topological polar surface area (TPSA) is 46.5 Å². The van der Waals surface area contributed by atoms with Crippen molar-refractivity contribution in [3.05, 3.63) is 0 Å². The lowest BCUT2D eigenvalue weighted by Gasteiger charge is -2.00. The molecule has 0 aromatic heterocycles. The van der Waals surface area contributed by atoms with Gasteiger partial charge in [0.05, 0.1) is 6.61 Å². The first kappa shape index (κ1) is 15.1. The highest BCUT2D eigenvalue weighted by Crippen LogP contribution is 2.04. The third-order valence-corrected chi connectivity index (χ3v) is 1.72. The fourth-order valence-corrected chi connectivity index (χ4v) is 1.04. The van der Waals surface area contributed by atoms with Crippen molar-refractivity contribution in [2.75, 3.05) is 6.61 Å². The monoisotopic (exact) mass is 210 g/mol. The van der Waals surface area contributed by atoms with Crippen LogP contribution in [0.25, 0.3) is 0 Å². The van der Waals surface area contributed by atoms with E-state index in [-0.39, 0.29) is 12.4 Å². The number of halogens is 1. The van der Waals surface area contributed by atoms with Crippen molar-refractivity contribution in [3.8, 4) is 0 Å². The lowest BCUT2D eigenvalue weighted by Crippen LogP contribution is -2.01. The maximum atomic E-state index is 9.91. The Kier molecular flexibility index (Phi) is 13.4. The van der Waals surface area contributed by atoms with Crippen LogP contribution in [0.15, 0.2) is 0 Å². The van der Waals surface area contributed by atoms with Crippen LogP contribution in [0.2, 0.25) is 0 Å². The molecular weight excluding hydrogens is 192 g/mol. The minimum absolute atomic E-state index is 0. The summed E-state index contributed by atoms with van der Waals surface area (Å²) in [6.07, 6.45) is 5.73. The van der Waals surface area contributed by atoms with Crippen molar-refractivity contribution in [1.29, 1.82) is 0 Å². The van der Waals surface area contributed by atoms with E-state index in [4.69, 9.17) is 5.11 Å². The molecule has 1 N–H and O–H groups in total. The molecule has 0 aromatic rings. The number of hydrogen-bond acceptors (Lipinski definition) is 2. The average Bonchev–Trinajstić information content (AvgIpc) is 2.02. The van der Waals surface area contributed by atoms with E-state index < -0.39 is 6.16 Å². The molecule has 0 unspecified atom stereocenters. The zero-order chi connectivity index (χ0) is 9.23. The predicted octanol–water partition coefficient (Wildman–Crippen LogP) is 3.46. The number of rotatable bonds is 7. The molecule has 4 heteroatoms. The molecule has 0 rings (SSSR count). The van der Waals surface area contributed by atoms with Crippen LogP contribution in [-0.2, 0) is 4.74 Å². The van der Waals surface area contributed by atoms with Crippen molar-refractivity contribution in [3.63, 3.8) is 0 Å². The molecule has 0 aliphatic heterocycles. The molecule has 0 fully saturated rings. The average molecular weight is 211 g/mol. The smallest absolute Gasteiger partial charge is 0.450 e. The predicted molar refractivity (Wildman–Crippen MR) is 54.6 cm³/mol. The first-order chi connectivity index (χ1) is 5.77. The van der Waals surface area contributed by atoms with Crippen molar-refractivity contribution in [1.82, 2.24) is 0 Å². The molecule has 0 saturated carbocycles. The van der Waals surface area contributed by atoms with Crippen LogP contribution in [0.1, 0.15) is 45.4 Å². The maximum Gasteiger partial charge on any atom is 0.505 e. The summed E-state index contributed by atoms with van der Waals surface area (Å²) >= 11 is 0. The molecule has 0 aliphatic carbocycles. The van der Waals surface area contributed by atoms with Gasteiger partial charge < -0.3 is 9.84 Å². The van der Waals surface area contributed by atoms with E-state index in [1.54, 1.807) is 0 Å². The van der Waals surface area contributed by atoms with E-state index in [1.807, 2.05) is 0 Å². The van der Waals surface area contributed by atoms with Gasteiger partial charge in [-0.25, -0.2) is 4.79 Å². The van der Waals surface area contributed by atoms with Crippen molar-refractivity contribution in [2.24, 2.45) is 0 Å². The van der Waals surface area contributed by atoms with Crippen molar-refractivity contribution < 1.29 is 14.6 Å². The van der Waals surface area contributed by atoms with E-state index in [1.165, 1.54) is 25.7 Å². The van der Waals surface area contributed by atoms with Gasteiger partial charge in [0.2, 0.25) is 0 Å². The molecule has 13 heavy (non-hydrogen) atoms. The van der Waals surface area contributed by atoms with Gasteiger partial charge in [-0.05, 0) is 6.42 Å². The number of ether oxygens (including phenoxy) is 1. The Morgan fingerprint density at radius 1 is 1.15 bits per heavy atom. The summed E-state index contributed by atoms with van der Waals surface area (Å²) in [5.41, 5.74) is 0. The summed E-state index contributed by atoms with van der Waals surface area (Å²) in [7, 11) is 0. The first-order valence-electron chi connectivity index (χ1n) is 4.63. The van der Waals surface area contributed by atoms with E-state index >= 15 is 0 Å². The Labute approximate surface area is 85.9 Å². The number of unbranched alkanes of at least 4 members (excludes halogenated alkanes) is 5. The maximum absolute atomic E-state index is 9.91. The van der Waals surface area contributed by atoms with E-state index in [0.29, 0.717) is 6.61 Å². The Hall–Kier alpha value is -0.440. The number of hydrogen-bond donors (Lipinski definition) is 1. The van der Waals surface area contributed by atoms with Crippen LogP contribution in [0.4, 0.5) is 4.79 Å². The van der Waals surface area contributed by atoms with Gasteiger partial charge in [-0.2, -0.15) is 0 Å². The van der Waals surface area contributed by atoms with Crippen LogP contribution in [0.5, 0.6) is 0 Å². The third-order valence-electron chi connectivity index (χ3n) is 1.72. The van der Waals surface area contributed by atoms with Crippen LogP contribution in [-0.4, -0.2) is 17.9 Å². The zero-order valence-electron chi connectivity index (χ0n) is 8.12. The SMILES string of the molecule is CCCCCCCCOC(=O)O.Cl. The molecule has 0 aromatic carbocycles. The Morgan fingerprint density at radius 2 is 1.69 bits per heavy atom. The minimum atomic E-state index is -1.16. The molecule has 0 spiro atoms. The van der Waals surface area contributed by atoms with Gasteiger partial charge in [0.15, 0.2) is 0 Å². The molecular formula is C9H19ClO3. The lowest BCUT2D eigenvalue weighted by atomic mass is 10.1. The molecule has 3 nitrogen and oxygen atoms in total. The minimum Gasteiger partial charge on any atom is -0.450 e. The summed E-state index contributed by atoms with van der Waals surface area (Å²) in [5.74, 6) is 0. The van der Waals surface area contributed by atoms with Crippen LogP contribution >= 0.6 is 12.4 Å². The third kappa shape index (κ3) is 14.4. The van der Waals surface area contributed by atoms with Gasteiger partial charge in [0.25, 0.3) is 0 Å². The summed E-state index contributed by atoms with van der Waals surface area (Å²) in [5, 5.41) is 8.13. The molecule has 80 valence electrons. The molecule has 0 radical (unpaired) electrons. The van der Waals surface area contributed by atoms with Gasteiger partial charge in [-0.3, -0.25) is 0 Å². The summed E-state index contributed by atoms with van der Waals surface area (Å²) < 4.78 is 4.37. The van der Waals surface area contributed by atoms with Crippen LogP contribution in [0, 0.1) is 0 Å². The Bertz CT molecular complexity index is 117. The molecule has 0 bridgehead atoms. The van der Waals surface area contributed by atoms with Crippen LogP contribution in [0.3, 0.4) is 0 Å². The highest BCUT2D eigenvalue weighted by molar-refractivity contribution is 5.85. The molecule has 0 amide bonds. The summed E-state index contributed by atoms with van der Waals surface area (Å²) in [4.78, 5) is 9.91. The van der Waals surface area contributed by atoms with E-state index in [0.717, 1.165) is 12.8 Å². The Morgan fingerprint density at radius 3 is 2.23 bits per heavy atom.